The lowest BCUT2D eigenvalue weighted by atomic mass is 10.0. The van der Waals surface area contributed by atoms with Crippen molar-refractivity contribution in [3.05, 3.63) is 42.5 Å². The number of nitrogens with one attached hydrogen (secondary N) is 3. The van der Waals surface area contributed by atoms with E-state index in [1.807, 2.05) is 11.4 Å². The van der Waals surface area contributed by atoms with Crippen molar-refractivity contribution < 1.29 is 27.5 Å². The number of carbonyl (C=O) groups is 2. The van der Waals surface area contributed by atoms with Crippen molar-refractivity contribution in [2.24, 2.45) is 5.92 Å². The van der Waals surface area contributed by atoms with E-state index in [4.69, 9.17) is 4.74 Å². The number of rotatable bonds is 9. The number of halogens is 3. The molecule has 0 spiro atoms. The summed E-state index contributed by atoms with van der Waals surface area (Å²) in [6.07, 6.45) is 2.07. The molecule has 0 aromatic carbocycles. The van der Waals surface area contributed by atoms with Crippen molar-refractivity contribution in [2.45, 2.75) is 39.4 Å². The molecule has 1 unspecified atom stereocenters. The van der Waals surface area contributed by atoms with E-state index in [-0.39, 0.29) is 18.3 Å². The number of aromatic amines is 1. The molecule has 0 fully saturated rings. The fraction of sp³-hybridized carbons (Fsp3) is 0.391. The molecule has 0 aliphatic carbocycles. The molecule has 3 aromatic rings. The van der Waals surface area contributed by atoms with E-state index in [1.165, 1.54) is 6.20 Å². The molecular formula is C23H26F3N5O3. The van der Waals surface area contributed by atoms with E-state index in [0.29, 0.717) is 29.1 Å². The number of fused-ring (bicyclic) bond motifs is 1. The number of amides is 1. The molecule has 3 rings (SSSR count). The Kier molecular flexibility index (Phi) is 7.75. The highest BCUT2D eigenvalue weighted by Crippen LogP contribution is 2.30. The van der Waals surface area contributed by atoms with Crippen LogP contribution in [0, 0.1) is 5.92 Å². The molecule has 3 heterocycles. The molecule has 0 aliphatic rings. The van der Waals surface area contributed by atoms with Crippen molar-refractivity contribution in [3.8, 4) is 11.1 Å². The fourth-order valence-corrected chi connectivity index (χ4v) is 3.44. The zero-order valence-corrected chi connectivity index (χ0v) is 19.0. The van der Waals surface area contributed by atoms with Crippen LogP contribution in [0.5, 0.6) is 0 Å². The average molecular weight is 477 g/mol. The van der Waals surface area contributed by atoms with Crippen LogP contribution in [-0.4, -0.2) is 52.2 Å². The maximum absolute atomic E-state index is 12.5. The lowest BCUT2D eigenvalue weighted by molar-refractivity contribution is -0.142. The Labute approximate surface area is 194 Å². The van der Waals surface area contributed by atoms with Crippen molar-refractivity contribution in [1.29, 1.82) is 0 Å². The van der Waals surface area contributed by atoms with Crippen LogP contribution in [0.15, 0.2) is 36.9 Å². The third kappa shape index (κ3) is 6.46. The van der Waals surface area contributed by atoms with Gasteiger partial charge in [0.2, 0.25) is 5.91 Å². The predicted molar refractivity (Wildman–Crippen MR) is 121 cm³/mol. The van der Waals surface area contributed by atoms with Crippen LogP contribution in [0.3, 0.4) is 0 Å². The Morgan fingerprint density at radius 3 is 2.62 bits per heavy atom. The van der Waals surface area contributed by atoms with Crippen LogP contribution in [0.2, 0.25) is 0 Å². The lowest BCUT2D eigenvalue weighted by Gasteiger charge is -2.23. The maximum atomic E-state index is 12.5. The highest BCUT2D eigenvalue weighted by atomic mass is 19.4. The van der Waals surface area contributed by atoms with Gasteiger partial charge in [-0.1, -0.05) is 13.8 Å². The third-order valence-electron chi connectivity index (χ3n) is 5.03. The van der Waals surface area contributed by atoms with Crippen LogP contribution < -0.4 is 10.6 Å². The zero-order valence-electron chi connectivity index (χ0n) is 19.0. The summed E-state index contributed by atoms with van der Waals surface area (Å²) in [5.74, 6) is -1.38. The minimum absolute atomic E-state index is 0.0876. The maximum Gasteiger partial charge on any atom is 0.405 e. The second kappa shape index (κ2) is 10.5. The highest BCUT2D eigenvalue weighted by Gasteiger charge is 2.30. The smallest absolute Gasteiger partial charge is 0.405 e. The van der Waals surface area contributed by atoms with Gasteiger partial charge in [0.05, 0.1) is 18.7 Å². The van der Waals surface area contributed by atoms with Gasteiger partial charge in [0, 0.05) is 41.3 Å². The first kappa shape index (κ1) is 25.0. The summed E-state index contributed by atoms with van der Waals surface area (Å²) in [6, 6.07) is 2.70. The first-order valence-corrected chi connectivity index (χ1v) is 10.8. The van der Waals surface area contributed by atoms with Gasteiger partial charge in [0.1, 0.15) is 18.2 Å². The summed E-state index contributed by atoms with van der Waals surface area (Å²) in [5.41, 5.74) is 3.25. The van der Waals surface area contributed by atoms with Crippen LogP contribution in [0.4, 0.5) is 18.9 Å². The molecule has 0 bridgehead atoms. The summed E-state index contributed by atoms with van der Waals surface area (Å²) in [7, 11) is 0. The molecular weight excluding hydrogens is 451 g/mol. The van der Waals surface area contributed by atoms with E-state index < -0.39 is 24.7 Å². The lowest BCUT2D eigenvalue weighted by Crippen LogP contribution is -2.46. The molecule has 1 amide bonds. The van der Waals surface area contributed by atoms with Gasteiger partial charge in [-0.25, -0.2) is 4.98 Å². The summed E-state index contributed by atoms with van der Waals surface area (Å²) in [6.45, 7) is 4.10. The van der Waals surface area contributed by atoms with E-state index in [9.17, 15) is 22.8 Å². The second-order valence-electron chi connectivity index (χ2n) is 8.09. The SMILES string of the molecule is CCOC(=O)Cc1cnc2[nH]cc(-c3cncc(NC(C(=O)NCC(F)(F)F)C(C)C)c3)c2c1. The first-order valence-electron chi connectivity index (χ1n) is 10.8. The van der Waals surface area contributed by atoms with Gasteiger partial charge in [-0.2, -0.15) is 13.2 Å². The zero-order chi connectivity index (χ0) is 24.9. The molecule has 0 saturated heterocycles. The Morgan fingerprint density at radius 2 is 1.94 bits per heavy atom. The largest absolute Gasteiger partial charge is 0.466 e. The van der Waals surface area contributed by atoms with Gasteiger partial charge in [-0.3, -0.25) is 14.6 Å². The van der Waals surface area contributed by atoms with Crippen LogP contribution in [0.1, 0.15) is 26.3 Å². The van der Waals surface area contributed by atoms with Gasteiger partial charge < -0.3 is 20.4 Å². The topological polar surface area (TPSA) is 109 Å². The van der Waals surface area contributed by atoms with Crippen LogP contribution in [-0.2, 0) is 20.7 Å². The van der Waals surface area contributed by atoms with Crippen LogP contribution >= 0.6 is 0 Å². The number of carbonyl (C=O) groups excluding carboxylic acids is 2. The molecule has 0 saturated carbocycles. The molecule has 8 nitrogen and oxygen atoms in total. The number of hydrogen-bond donors (Lipinski definition) is 3. The quantitative estimate of drug-likeness (QED) is 0.404. The number of esters is 1. The minimum atomic E-state index is -4.49. The minimum Gasteiger partial charge on any atom is -0.466 e. The van der Waals surface area contributed by atoms with E-state index >= 15 is 0 Å². The van der Waals surface area contributed by atoms with E-state index in [0.717, 1.165) is 10.9 Å². The number of H-pyrrole nitrogens is 1. The first-order chi connectivity index (χ1) is 16.1. The average Bonchev–Trinajstić information content (AvgIpc) is 3.19. The van der Waals surface area contributed by atoms with Gasteiger partial charge >= 0.3 is 12.1 Å². The van der Waals surface area contributed by atoms with Gasteiger partial charge in [0.15, 0.2) is 0 Å². The van der Waals surface area contributed by atoms with Crippen molar-refractivity contribution in [3.63, 3.8) is 0 Å². The number of pyridine rings is 2. The Morgan fingerprint density at radius 1 is 1.18 bits per heavy atom. The highest BCUT2D eigenvalue weighted by molar-refractivity contribution is 5.94. The number of ether oxygens (including phenoxy) is 1. The van der Waals surface area contributed by atoms with E-state index in [2.05, 4.69) is 20.3 Å². The Bertz CT molecular complexity index is 1160. The monoisotopic (exact) mass is 477 g/mol. The molecule has 3 aromatic heterocycles. The number of aromatic nitrogens is 3. The molecule has 0 radical (unpaired) electrons. The summed E-state index contributed by atoms with van der Waals surface area (Å²) in [5, 5.41) is 5.68. The van der Waals surface area contributed by atoms with Crippen LogP contribution in [0.25, 0.3) is 22.2 Å². The standard InChI is InChI=1S/C23H26F3N5O3/c1-4-34-19(32)6-14-5-17-18(11-29-21(17)28-8-14)15-7-16(10-27-9-15)31-20(13(2)3)22(33)30-12-23(24,25)26/h5,7-11,13,20,31H,4,6,12H2,1-3H3,(H,28,29)(H,30,33). The number of anilines is 1. The fourth-order valence-electron chi connectivity index (χ4n) is 3.44. The van der Waals surface area contributed by atoms with Gasteiger partial charge in [-0.15, -0.1) is 0 Å². The third-order valence-corrected chi connectivity index (χ3v) is 5.03. The normalized spacial score (nSPS) is 12.6. The molecule has 3 N–H and O–H groups in total. The number of alkyl halides is 3. The summed E-state index contributed by atoms with van der Waals surface area (Å²) in [4.78, 5) is 35.8. The van der Waals surface area contributed by atoms with Crippen molar-refractivity contribution >= 4 is 28.6 Å². The Hall–Kier alpha value is -3.63. The molecule has 182 valence electrons. The van der Waals surface area contributed by atoms with Crippen molar-refractivity contribution in [1.82, 2.24) is 20.3 Å². The number of hydrogen-bond acceptors (Lipinski definition) is 6. The van der Waals surface area contributed by atoms with Gasteiger partial charge in [0.25, 0.3) is 0 Å². The van der Waals surface area contributed by atoms with E-state index in [1.54, 1.807) is 45.4 Å². The predicted octanol–water partition coefficient (Wildman–Crippen LogP) is 3.85. The Balaban J connectivity index is 1.84. The molecule has 34 heavy (non-hydrogen) atoms. The summed E-state index contributed by atoms with van der Waals surface area (Å²) < 4.78 is 42.5. The molecule has 0 aliphatic heterocycles. The molecule has 11 heteroatoms. The second-order valence-corrected chi connectivity index (χ2v) is 8.09. The van der Waals surface area contributed by atoms with Gasteiger partial charge in [-0.05, 0) is 30.5 Å². The number of nitrogens with zero attached hydrogens (tertiary/aromatic N) is 2. The summed E-state index contributed by atoms with van der Waals surface area (Å²) >= 11 is 0. The van der Waals surface area contributed by atoms with Crippen molar-refractivity contribution in [2.75, 3.05) is 18.5 Å². The molecule has 1 atom stereocenters.